The Balaban J connectivity index is 0.00000225. The smallest absolute Gasteiger partial charge is 0.348 e. The van der Waals surface area contributed by atoms with Crippen LogP contribution in [0.5, 0.6) is 0 Å². The van der Waals surface area contributed by atoms with E-state index in [-0.39, 0.29) is 12.4 Å². The largest absolute Gasteiger partial charge is 0.462 e. The number of likely N-dealkylation sites (tertiary alicyclic amines) is 1. The second kappa shape index (κ2) is 9.34. The van der Waals surface area contributed by atoms with Gasteiger partial charge in [-0.05, 0) is 37.4 Å². The molecule has 1 N–H and O–H groups in total. The van der Waals surface area contributed by atoms with Crippen LogP contribution in [0, 0.1) is 0 Å². The zero-order valence-corrected chi connectivity index (χ0v) is 15.7. The van der Waals surface area contributed by atoms with Crippen molar-refractivity contribution >= 4 is 29.7 Å². The summed E-state index contributed by atoms with van der Waals surface area (Å²) in [6, 6.07) is 12.6. The Morgan fingerprint density at radius 3 is 2.48 bits per heavy atom. The molecule has 2 aromatic rings. The number of rotatable bonds is 6. The Labute approximate surface area is 158 Å². The van der Waals surface area contributed by atoms with Gasteiger partial charge in [-0.25, -0.2) is 4.79 Å². The number of hydrogen-bond acceptors (Lipinski definition) is 5. The first kappa shape index (κ1) is 19.9. The number of piperidine rings is 1. The number of nitrogens with zero attached hydrogens (tertiary/aromatic N) is 1. The fourth-order valence-corrected chi connectivity index (χ4v) is 3.91. The lowest BCUT2D eigenvalue weighted by Crippen LogP contribution is -2.40. The Kier molecular flexibility index (Phi) is 7.44. The molecular weight excluding hydrogens is 358 g/mol. The molecule has 3 rings (SSSR count). The molecule has 0 radical (unpaired) electrons. The molecule has 2 heterocycles. The van der Waals surface area contributed by atoms with Crippen molar-refractivity contribution < 1.29 is 14.6 Å². The zero-order chi connectivity index (χ0) is 16.8. The van der Waals surface area contributed by atoms with Gasteiger partial charge >= 0.3 is 5.97 Å². The van der Waals surface area contributed by atoms with E-state index in [2.05, 4.69) is 4.90 Å². The molecule has 1 unspecified atom stereocenters. The van der Waals surface area contributed by atoms with Gasteiger partial charge in [-0.15, -0.1) is 23.7 Å². The molecule has 0 spiro atoms. The zero-order valence-electron chi connectivity index (χ0n) is 14.1. The van der Waals surface area contributed by atoms with Gasteiger partial charge in [-0.1, -0.05) is 42.8 Å². The summed E-state index contributed by atoms with van der Waals surface area (Å²) < 4.78 is 5.46. The van der Waals surface area contributed by atoms with E-state index in [1.807, 2.05) is 29.6 Å². The first-order chi connectivity index (χ1) is 11.7. The van der Waals surface area contributed by atoms with Crippen LogP contribution >= 0.6 is 23.7 Å². The van der Waals surface area contributed by atoms with Gasteiger partial charge in [0.2, 0.25) is 5.60 Å². The van der Waals surface area contributed by atoms with Crippen molar-refractivity contribution in [1.29, 1.82) is 0 Å². The molecule has 0 aliphatic carbocycles. The maximum atomic E-state index is 12.7. The van der Waals surface area contributed by atoms with Crippen LogP contribution in [0.25, 0.3) is 0 Å². The standard InChI is InChI=1S/C19H23NO3S.ClH/c21-18(23-14-13-20-11-5-2-6-12-20)19(22,17-10-7-15-24-17)16-8-3-1-4-9-16;/h1,3-4,7-10,15,22H,2,5-6,11-14H2;1H. The predicted molar refractivity (Wildman–Crippen MR) is 102 cm³/mol. The van der Waals surface area contributed by atoms with E-state index < -0.39 is 11.6 Å². The van der Waals surface area contributed by atoms with Crippen molar-refractivity contribution in [3.8, 4) is 0 Å². The number of esters is 1. The summed E-state index contributed by atoms with van der Waals surface area (Å²) in [5.74, 6) is -0.604. The van der Waals surface area contributed by atoms with Crippen molar-refractivity contribution in [2.24, 2.45) is 0 Å². The molecule has 1 aromatic heterocycles. The predicted octanol–water partition coefficient (Wildman–Crippen LogP) is 3.43. The number of carbonyl (C=O) groups excluding carboxylic acids is 1. The molecule has 1 saturated heterocycles. The summed E-state index contributed by atoms with van der Waals surface area (Å²) in [6.45, 7) is 3.15. The lowest BCUT2D eigenvalue weighted by Gasteiger charge is -2.28. The third kappa shape index (κ3) is 4.61. The minimum Gasteiger partial charge on any atom is -0.462 e. The summed E-state index contributed by atoms with van der Waals surface area (Å²) in [4.78, 5) is 15.6. The monoisotopic (exact) mass is 381 g/mol. The molecule has 0 amide bonds. The number of aliphatic hydroxyl groups is 1. The summed E-state index contributed by atoms with van der Waals surface area (Å²) in [6.07, 6.45) is 3.69. The molecule has 1 aromatic carbocycles. The van der Waals surface area contributed by atoms with E-state index in [9.17, 15) is 9.90 Å². The molecule has 25 heavy (non-hydrogen) atoms. The van der Waals surface area contributed by atoms with Gasteiger partial charge in [0, 0.05) is 12.1 Å². The first-order valence-electron chi connectivity index (χ1n) is 8.43. The number of ether oxygens (including phenoxy) is 1. The van der Waals surface area contributed by atoms with Crippen LogP contribution in [-0.2, 0) is 15.1 Å². The maximum Gasteiger partial charge on any atom is 0.348 e. The molecule has 6 heteroatoms. The Hall–Kier alpha value is -1.40. The van der Waals surface area contributed by atoms with Gasteiger partial charge in [0.1, 0.15) is 6.61 Å². The Morgan fingerprint density at radius 2 is 1.84 bits per heavy atom. The maximum absolute atomic E-state index is 12.7. The van der Waals surface area contributed by atoms with E-state index in [4.69, 9.17) is 4.74 Å². The molecule has 1 fully saturated rings. The molecule has 1 aliphatic rings. The minimum atomic E-state index is -1.74. The average molecular weight is 382 g/mol. The van der Waals surface area contributed by atoms with Crippen LogP contribution in [0.3, 0.4) is 0 Å². The lowest BCUT2D eigenvalue weighted by molar-refractivity contribution is -0.162. The highest BCUT2D eigenvalue weighted by atomic mass is 35.5. The van der Waals surface area contributed by atoms with Crippen LogP contribution in [-0.4, -0.2) is 42.2 Å². The van der Waals surface area contributed by atoms with Gasteiger partial charge in [0.25, 0.3) is 0 Å². The molecule has 0 bridgehead atoms. The number of carbonyl (C=O) groups is 1. The number of hydrogen-bond donors (Lipinski definition) is 1. The van der Waals surface area contributed by atoms with Crippen molar-refractivity contribution in [3.63, 3.8) is 0 Å². The van der Waals surface area contributed by atoms with E-state index in [1.54, 1.807) is 18.2 Å². The van der Waals surface area contributed by atoms with E-state index in [1.165, 1.54) is 30.6 Å². The van der Waals surface area contributed by atoms with Gasteiger partial charge in [-0.3, -0.25) is 4.90 Å². The lowest BCUT2D eigenvalue weighted by atomic mass is 9.92. The SMILES string of the molecule is Cl.O=C(OCCN1CCCCC1)C(O)(c1ccccc1)c1cccs1. The summed E-state index contributed by atoms with van der Waals surface area (Å²) >= 11 is 1.35. The summed E-state index contributed by atoms with van der Waals surface area (Å²) in [7, 11) is 0. The average Bonchev–Trinajstić information content (AvgIpc) is 3.18. The molecule has 1 aliphatic heterocycles. The van der Waals surface area contributed by atoms with Crippen LogP contribution in [0.1, 0.15) is 29.7 Å². The normalized spacial score (nSPS) is 17.3. The van der Waals surface area contributed by atoms with Crippen LogP contribution in [0.4, 0.5) is 0 Å². The van der Waals surface area contributed by atoms with E-state index >= 15 is 0 Å². The quantitative estimate of drug-likeness (QED) is 0.779. The van der Waals surface area contributed by atoms with Crippen molar-refractivity contribution in [3.05, 3.63) is 58.3 Å². The van der Waals surface area contributed by atoms with Crippen molar-refractivity contribution in [1.82, 2.24) is 4.90 Å². The minimum absolute atomic E-state index is 0. The fraction of sp³-hybridized carbons (Fsp3) is 0.421. The van der Waals surface area contributed by atoms with E-state index in [0.717, 1.165) is 19.6 Å². The highest BCUT2D eigenvalue weighted by Crippen LogP contribution is 2.34. The third-order valence-electron chi connectivity index (χ3n) is 4.45. The molecule has 4 nitrogen and oxygen atoms in total. The van der Waals surface area contributed by atoms with Crippen molar-refractivity contribution in [2.75, 3.05) is 26.2 Å². The first-order valence-corrected chi connectivity index (χ1v) is 9.30. The van der Waals surface area contributed by atoms with Crippen LogP contribution in [0.2, 0.25) is 0 Å². The Morgan fingerprint density at radius 1 is 1.12 bits per heavy atom. The van der Waals surface area contributed by atoms with Crippen molar-refractivity contribution in [2.45, 2.75) is 24.9 Å². The van der Waals surface area contributed by atoms with Gasteiger partial charge in [-0.2, -0.15) is 0 Å². The molecular formula is C19H24ClNO3S. The third-order valence-corrected chi connectivity index (χ3v) is 5.43. The number of benzene rings is 1. The van der Waals surface area contributed by atoms with Gasteiger partial charge in [0.05, 0.1) is 4.88 Å². The van der Waals surface area contributed by atoms with Crippen LogP contribution in [0.15, 0.2) is 47.8 Å². The molecule has 136 valence electrons. The second-order valence-corrected chi connectivity index (χ2v) is 7.04. The summed E-state index contributed by atoms with van der Waals surface area (Å²) in [5.41, 5.74) is -1.20. The fourth-order valence-electron chi connectivity index (χ4n) is 3.08. The number of halogens is 1. The molecule has 0 saturated carbocycles. The topological polar surface area (TPSA) is 49.8 Å². The van der Waals surface area contributed by atoms with Gasteiger partial charge in [0.15, 0.2) is 0 Å². The number of thiophene rings is 1. The Bertz CT molecular complexity index is 644. The van der Waals surface area contributed by atoms with E-state index in [0.29, 0.717) is 17.0 Å². The summed E-state index contributed by atoms with van der Waals surface area (Å²) in [5, 5.41) is 13.0. The second-order valence-electron chi connectivity index (χ2n) is 6.09. The highest BCUT2D eigenvalue weighted by molar-refractivity contribution is 7.10. The highest BCUT2D eigenvalue weighted by Gasteiger charge is 2.42. The van der Waals surface area contributed by atoms with Crippen LogP contribution < -0.4 is 0 Å². The molecule has 1 atom stereocenters. The van der Waals surface area contributed by atoms with Gasteiger partial charge < -0.3 is 9.84 Å².